The van der Waals surface area contributed by atoms with Gasteiger partial charge in [0.1, 0.15) is 23.9 Å². The van der Waals surface area contributed by atoms with Gasteiger partial charge in [0.15, 0.2) is 0 Å². The van der Waals surface area contributed by atoms with Crippen LogP contribution in [0.3, 0.4) is 0 Å². The van der Waals surface area contributed by atoms with Gasteiger partial charge in [-0.3, -0.25) is 0 Å². The van der Waals surface area contributed by atoms with Crippen LogP contribution in [0.5, 0.6) is 0 Å². The summed E-state index contributed by atoms with van der Waals surface area (Å²) in [6, 6.07) is 39.8. The Morgan fingerprint density at radius 1 is 0.585 bits per heavy atom. The highest BCUT2D eigenvalue weighted by molar-refractivity contribution is 5.16. The second-order valence-electron chi connectivity index (χ2n) is 10.4. The van der Waals surface area contributed by atoms with Gasteiger partial charge >= 0.3 is 0 Å². The van der Waals surface area contributed by atoms with Crippen LogP contribution in [-0.2, 0) is 50.1 Å². The van der Waals surface area contributed by atoms with Gasteiger partial charge in [-0.1, -0.05) is 121 Å². The van der Waals surface area contributed by atoms with Crippen molar-refractivity contribution in [1.82, 2.24) is 0 Å². The SMILES string of the molecule is O[C@]1(COCc2ccccc2)CO[C@@H](COCc2ccccc2)[C@H](OCc2ccccc2)[C@H]1OCc1ccccc1. The molecule has 6 heteroatoms. The molecule has 5 rings (SSSR count). The van der Waals surface area contributed by atoms with E-state index in [1.807, 2.05) is 121 Å². The molecule has 6 nitrogen and oxygen atoms in total. The van der Waals surface area contributed by atoms with E-state index in [4.69, 9.17) is 23.7 Å². The second kappa shape index (κ2) is 15.0. The number of hydrogen-bond donors (Lipinski definition) is 1. The Labute approximate surface area is 242 Å². The normalized spacial score (nSPS) is 22.4. The van der Waals surface area contributed by atoms with Crippen LogP contribution >= 0.6 is 0 Å². The van der Waals surface area contributed by atoms with Gasteiger partial charge in [0.25, 0.3) is 0 Å². The van der Waals surface area contributed by atoms with E-state index in [0.29, 0.717) is 33.0 Å². The van der Waals surface area contributed by atoms with Crippen LogP contribution in [0.2, 0.25) is 0 Å². The average molecular weight is 555 g/mol. The molecule has 1 aliphatic heterocycles. The Balaban J connectivity index is 1.34. The van der Waals surface area contributed by atoms with Crippen LogP contribution in [0.4, 0.5) is 0 Å². The summed E-state index contributed by atoms with van der Waals surface area (Å²) in [5.41, 5.74) is 2.70. The first-order valence-electron chi connectivity index (χ1n) is 14.1. The van der Waals surface area contributed by atoms with Crippen molar-refractivity contribution in [2.45, 2.75) is 50.3 Å². The zero-order valence-corrected chi connectivity index (χ0v) is 23.2. The predicted octanol–water partition coefficient (Wildman–Crippen LogP) is 5.72. The second-order valence-corrected chi connectivity index (χ2v) is 10.4. The molecule has 0 spiro atoms. The van der Waals surface area contributed by atoms with Gasteiger partial charge in [-0.2, -0.15) is 0 Å². The Bertz CT molecular complexity index is 1270. The number of hydrogen-bond acceptors (Lipinski definition) is 6. The van der Waals surface area contributed by atoms with E-state index in [1.54, 1.807) is 0 Å². The van der Waals surface area contributed by atoms with Crippen molar-refractivity contribution in [2.75, 3.05) is 19.8 Å². The molecule has 1 fully saturated rings. The third-order valence-electron chi connectivity index (χ3n) is 7.16. The maximum absolute atomic E-state index is 12.0. The molecule has 41 heavy (non-hydrogen) atoms. The predicted molar refractivity (Wildman–Crippen MR) is 157 cm³/mol. The molecule has 1 saturated heterocycles. The third-order valence-corrected chi connectivity index (χ3v) is 7.16. The van der Waals surface area contributed by atoms with Gasteiger partial charge in [0.2, 0.25) is 0 Å². The minimum absolute atomic E-state index is 0.0319. The van der Waals surface area contributed by atoms with Crippen molar-refractivity contribution in [3.8, 4) is 0 Å². The van der Waals surface area contributed by atoms with E-state index >= 15 is 0 Å². The molecular weight excluding hydrogens is 516 g/mol. The highest BCUT2D eigenvalue weighted by Crippen LogP contribution is 2.32. The van der Waals surface area contributed by atoms with Crippen LogP contribution in [0.15, 0.2) is 121 Å². The zero-order chi connectivity index (χ0) is 28.2. The monoisotopic (exact) mass is 554 g/mol. The van der Waals surface area contributed by atoms with E-state index in [9.17, 15) is 5.11 Å². The number of aliphatic hydroxyl groups is 1. The largest absolute Gasteiger partial charge is 0.382 e. The molecule has 0 aliphatic carbocycles. The fourth-order valence-corrected chi connectivity index (χ4v) is 4.95. The van der Waals surface area contributed by atoms with Crippen LogP contribution in [0, 0.1) is 0 Å². The molecule has 0 radical (unpaired) electrons. The first kappa shape index (κ1) is 29.1. The summed E-state index contributed by atoms with van der Waals surface area (Å²) in [5, 5.41) is 12.0. The molecule has 0 amide bonds. The molecule has 0 aromatic heterocycles. The van der Waals surface area contributed by atoms with Gasteiger partial charge in [-0.25, -0.2) is 0 Å². The maximum atomic E-state index is 12.0. The molecule has 1 N–H and O–H groups in total. The molecular formula is C35H38O6. The molecule has 4 aromatic carbocycles. The summed E-state index contributed by atoms with van der Waals surface area (Å²) >= 11 is 0. The summed E-state index contributed by atoms with van der Waals surface area (Å²) in [6.45, 7) is 1.84. The molecule has 1 heterocycles. The van der Waals surface area contributed by atoms with E-state index in [2.05, 4.69) is 0 Å². The zero-order valence-electron chi connectivity index (χ0n) is 23.2. The first-order chi connectivity index (χ1) is 20.2. The maximum Gasteiger partial charge on any atom is 0.140 e. The molecule has 1 aliphatic rings. The topological polar surface area (TPSA) is 66.4 Å². The lowest BCUT2D eigenvalue weighted by atomic mass is 9.88. The minimum Gasteiger partial charge on any atom is -0.382 e. The van der Waals surface area contributed by atoms with Crippen LogP contribution < -0.4 is 0 Å². The summed E-state index contributed by atoms with van der Waals surface area (Å²) in [6.07, 6.45) is -1.77. The van der Waals surface area contributed by atoms with Gasteiger partial charge in [-0.05, 0) is 22.3 Å². The summed E-state index contributed by atoms with van der Waals surface area (Å²) in [4.78, 5) is 0. The summed E-state index contributed by atoms with van der Waals surface area (Å²) in [7, 11) is 0. The van der Waals surface area contributed by atoms with Gasteiger partial charge in [-0.15, -0.1) is 0 Å². The lowest BCUT2D eigenvalue weighted by Crippen LogP contribution is -2.65. The van der Waals surface area contributed by atoms with Crippen LogP contribution in [0.25, 0.3) is 0 Å². The average Bonchev–Trinajstić information content (AvgIpc) is 3.02. The number of ether oxygens (including phenoxy) is 5. The lowest BCUT2D eigenvalue weighted by molar-refractivity contribution is -0.282. The summed E-state index contributed by atoms with van der Waals surface area (Å²) < 4.78 is 31.4. The van der Waals surface area contributed by atoms with E-state index < -0.39 is 23.9 Å². The van der Waals surface area contributed by atoms with E-state index in [-0.39, 0.29) is 13.2 Å². The van der Waals surface area contributed by atoms with Crippen molar-refractivity contribution in [1.29, 1.82) is 0 Å². The third kappa shape index (κ3) is 8.57. The van der Waals surface area contributed by atoms with Crippen molar-refractivity contribution < 1.29 is 28.8 Å². The number of rotatable bonds is 14. The fraction of sp³-hybridized carbons (Fsp3) is 0.314. The van der Waals surface area contributed by atoms with Crippen LogP contribution in [-0.4, -0.2) is 48.8 Å². The Morgan fingerprint density at radius 3 is 1.54 bits per heavy atom. The number of benzene rings is 4. The Hall–Kier alpha value is -3.36. The lowest BCUT2D eigenvalue weighted by Gasteiger charge is -2.47. The van der Waals surface area contributed by atoms with Crippen molar-refractivity contribution >= 4 is 0 Å². The van der Waals surface area contributed by atoms with E-state index in [0.717, 1.165) is 22.3 Å². The standard InChI is InChI=1S/C35H38O6/c36-35(26-38-22-29-15-7-2-8-16-29)27-41-32(25-37-21-28-13-5-1-6-14-28)33(39-23-30-17-9-3-10-18-30)34(35)40-24-31-19-11-4-12-20-31/h1-20,32-34,36H,21-27H2/t32-,33-,34+,35+/m0/s1. The molecule has 0 bridgehead atoms. The van der Waals surface area contributed by atoms with Crippen LogP contribution in [0.1, 0.15) is 22.3 Å². The molecule has 4 aromatic rings. The molecule has 0 unspecified atom stereocenters. The molecule has 4 atom stereocenters. The summed E-state index contributed by atoms with van der Waals surface area (Å²) in [5.74, 6) is 0. The van der Waals surface area contributed by atoms with Crippen molar-refractivity contribution in [3.63, 3.8) is 0 Å². The minimum atomic E-state index is -1.43. The van der Waals surface area contributed by atoms with Gasteiger partial charge in [0, 0.05) is 0 Å². The van der Waals surface area contributed by atoms with Crippen molar-refractivity contribution in [3.05, 3.63) is 144 Å². The van der Waals surface area contributed by atoms with Crippen molar-refractivity contribution in [2.24, 2.45) is 0 Å². The highest BCUT2D eigenvalue weighted by Gasteiger charge is 2.51. The fourth-order valence-electron chi connectivity index (χ4n) is 4.95. The van der Waals surface area contributed by atoms with E-state index in [1.165, 1.54) is 0 Å². The smallest absolute Gasteiger partial charge is 0.140 e. The van der Waals surface area contributed by atoms with Gasteiger partial charge < -0.3 is 28.8 Å². The highest BCUT2D eigenvalue weighted by atomic mass is 16.6. The molecule has 214 valence electrons. The Kier molecular flexibility index (Phi) is 10.7. The quantitative estimate of drug-likeness (QED) is 0.215. The molecule has 0 saturated carbocycles. The first-order valence-corrected chi connectivity index (χ1v) is 14.1. The Morgan fingerprint density at radius 2 is 1.02 bits per heavy atom. The van der Waals surface area contributed by atoms with Gasteiger partial charge in [0.05, 0.1) is 46.2 Å².